The molecule has 2 saturated carbocycles. The van der Waals surface area contributed by atoms with E-state index in [9.17, 15) is 10.2 Å². The van der Waals surface area contributed by atoms with Gasteiger partial charge in [-0.25, -0.2) is 0 Å². The topological polar surface area (TPSA) is 40.5 Å². The molecule has 4 aromatic carbocycles. The third kappa shape index (κ3) is 6.90. The fourth-order valence-electron chi connectivity index (χ4n) is 9.43. The standard InChI is InChI=1S/C21H26O2.C21H26/c1-15-12-20(2,3)14-21(13-15,16-4-8-18(22)9-5-16)17-6-10-19(23)11-7-17;1-17-14-20(2,3)16-21(15-17,18-10-6-4-7-11-18)19-12-8-5-9-13-19/h4-11,15,22-23H,12-14H2,1-3H3;4-13,17H,14-16H2,1-3H3. The molecule has 2 heteroatoms. The Morgan fingerprint density at radius 1 is 0.432 bits per heavy atom. The molecule has 2 N–H and O–H groups in total. The van der Waals surface area contributed by atoms with Crippen LogP contribution in [0.1, 0.15) is 102 Å². The van der Waals surface area contributed by atoms with Crippen LogP contribution < -0.4 is 0 Å². The lowest BCUT2D eigenvalue weighted by Gasteiger charge is -2.48. The molecular weight excluding hydrogens is 536 g/mol. The fraction of sp³-hybridized carbons (Fsp3) is 0.429. The van der Waals surface area contributed by atoms with Crippen molar-refractivity contribution in [2.45, 2.75) is 90.9 Å². The molecule has 0 saturated heterocycles. The van der Waals surface area contributed by atoms with Crippen LogP contribution in [0.2, 0.25) is 0 Å². The lowest BCUT2D eigenvalue weighted by atomic mass is 9.55. The Morgan fingerprint density at radius 2 is 0.727 bits per heavy atom. The van der Waals surface area contributed by atoms with Gasteiger partial charge in [-0.05, 0) is 108 Å². The van der Waals surface area contributed by atoms with Gasteiger partial charge in [-0.15, -0.1) is 0 Å². The van der Waals surface area contributed by atoms with Crippen LogP contribution in [0.3, 0.4) is 0 Å². The first kappa shape index (κ1) is 31.9. The van der Waals surface area contributed by atoms with Crippen LogP contribution in [0.5, 0.6) is 11.5 Å². The molecule has 0 aliphatic heterocycles. The normalized spacial score (nSPS) is 23.1. The molecule has 0 spiro atoms. The van der Waals surface area contributed by atoms with Crippen molar-refractivity contribution in [1.29, 1.82) is 0 Å². The third-order valence-electron chi connectivity index (χ3n) is 10.2. The van der Waals surface area contributed by atoms with Crippen LogP contribution in [-0.4, -0.2) is 10.2 Å². The van der Waals surface area contributed by atoms with Gasteiger partial charge in [-0.2, -0.15) is 0 Å². The second-order valence-corrected chi connectivity index (χ2v) is 15.7. The summed E-state index contributed by atoms with van der Waals surface area (Å²) in [5.74, 6) is 1.99. The molecule has 0 aromatic heterocycles. The van der Waals surface area contributed by atoms with Crippen molar-refractivity contribution in [2.75, 3.05) is 0 Å². The van der Waals surface area contributed by atoms with Gasteiger partial charge >= 0.3 is 0 Å². The molecule has 0 radical (unpaired) electrons. The van der Waals surface area contributed by atoms with Gasteiger partial charge in [0.1, 0.15) is 11.5 Å². The maximum absolute atomic E-state index is 9.67. The summed E-state index contributed by atoms with van der Waals surface area (Å²) in [5, 5.41) is 19.3. The number of benzene rings is 4. The Hall–Kier alpha value is -3.52. The van der Waals surface area contributed by atoms with Gasteiger partial charge in [0.15, 0.2) is 0 Å². The first-order valence-electron chi connectivity index (χ1n) is 16.5. The maximum Gasteiger partial charge on any atom is 0.115 e. The molecule has 0 bridgehead atoms. The van der Waals surface area contributed by atoms with Gasteiger partial charge in [0, 0.05) is 10.8 Å². The Balaban J connectivity index is 0.000000175. The van der Waals surface area contributed by atoms with Crippen LogP contribution in [0.15, 0.2) is 109 Å². The average molecular weight is 589 g/mol. The van der Waals surface area contributed by atoms with Gasteiger partial charge < -0.3 is 10.2 Å². The molecule has 2 aliphatic carbocycles. The average Bonchev–Trinajstić information content (AvgIpc) is 2.97. The van der Waals surface area contributed by atoms with Crippen LogP contribution in [-0.2, 0) is 10.8 Å². The summed E-state index contributed by atoms with van der Waals surface area (Å²) in [6.45, 7) is 14.3. The van der Waals surface area contributed by atoms with E-state index in [1.165, 1.54) is 47.9 Å². The van der Waals surface area contributed by atoms with E-state index < -0.39 is 0 Å². The van der Waals surface area contributed by atoms with E-state index in [2.05, 4.69) is 126 Å². The molecule has 2 fully saturated rings. The molecule has 2 atom stereocenters. The Bertz CT molecular complexity index is 1400. The largest absolute Gasteiger partial charge is 0.508 e. The SMILES string of the molecule is CC1CC(C)(C)CC(c2ccc(O)cc2)(c2ccc(O)cc2)C1.CC1CC(C)(C)CC(c2ccccc2)(c2ccccc2)C1. The summed E-state index contributed by atoms with van der Waals surface area (Å²) in [4.78, 5) is 0. The third-order valence-corrected chi connectivity index (χ3v) is 10.2. The summed E-state index contributed by atoms with van der Waals surface area (Å²) in [6.07, 6.45) is 7.20. The van der Waals surface area contributed by atoms with Crippen molar-refractivity contribution in [3.05, 3.63) is 131 Å². The van der Waals surface area contributed by atoms with Crippen LogP contribution in [0.4, 0.5) is 0 Å². The highest BCUT2D eigenvalue weighted by molar-refractivity contribution is 5.44. The van der Waals surface area contributed by atoms with Crippen molar-refractivity contribution < 1.29 is 10.2 Å². The smallest absolute Gasteiger partial charge is 0.115 e. The minimum atomic E-state index is -0.0669. The quantitative estimate of drug-likeness (QED) is 0.249. The zero-order chi connectivity index (χ0) is 31.6. The van der Waals surface area contributed by atoms with E-state index in [1.54, 1.807) is 24.3 Å². The molecule has 44 heavy (non-hydrogen) atoms. The summed E-state index contributed by atoms with van der Waals surface area (Å²) >= 11 is 0. The maximum atomic E-state index is 9.67. The summed E-state index contributed by atoms with van der Waals surface area (Å²) in [7, 11) is 0. The van der Waals surface area contributed by atoms with Crippen molar-refractivity contribution >= 4 is 0 Å². The van der Waals surface area contributed by atoms with Gasteiger partial charge in [0.25, 0.3) is 0 Å². The number of phenols is 2. The minimum absolute atomic E-state index is 0.0669. The summed E-state index contributed by atoms with van der Waals surface area (Å²) in [5.41, 5.74) is 6.22. The van der Waals surface area contributed by atoms with E-state index in [4.69, 9.17) is 0 Å². The van der Waals surface area contributed by atoms with E-state index >= 15 is 0 Å². The van der Waals surface area contributed by atoms with Crippen molar-refractivity contribution in [2.24, 2.45) is 22.7 Å². The van der Waals surface area contributed by atoms with Crippen molar-refractivity contribution in [3.8, 4) is 11.5 Å². The van der Waals surface area contributed by atoms with Crippen LogP contribution in [0.25, 0.3) is 0 Å². The number of aromatic hydroxyl groups is 2. The zero-order valence-corrected chi connectivity index (χ0v) is 27.7. The van der Waals surface area contributed by atoms with Crippen LogP contribution in [0, 0.1) is 22.7 Å². The Kier molecular flexibility index (Phi) is 9.04. The van der Waals surface area contributed by atoms with Crippen molar-refractivity contribution in [1.82, 2.24) is 0 Å². The zero-order valence-electron chi connectivity index (χ0n) is 27.7. The number of hydrogen-bond donors (Lipinski definition) is 2. The number of hydrogen-bond acceptors (Lipinski definition) is 2. The molecule has 232 valence electrons. The molecule has 0 amide bonds. The van der Waals surface area contributed by atoms with E-state index in [-0.39, 0.29) is 16.2 Å². The molecule has 2 unspecified atom stereocenters. The molecule has 4 aromatic rings. The summed E-state index contributed by atoms with van der Waals surface area (Å²) in [6, 6.07) is 37.6. The monoisotopic (exact) mass is 588 g/mol. The van der Waals surface area contributed by atoms with Gasteiger partial charge in [-0.1, -0.05) is 126 Å². The lowest BCUT2D eigenvalue weighted by Crippen LogP contribution is -2.41. The molecule has 0 heterocycles. The minimum Gasteiger partial charge on any atom is -0.508 e. The van der Waals surface area contributed by atoms with Gasteiger partial charge in [0.2, 0.25) is 0 Å². The van der Waals surface area contributed by atoms with Crippen molar-refractivity contribution in [3.63, 3.8) is 0 Å². The Morgan fingerprint density at radius 3 is 1.02 bits per heavy atom. The molecule has 2 aliphatic rings. The second-order valence-electron chi connectivity index (χ2n) is 15.7. The van der Waals surface area contributed by atoms with Gasteiger partial charge in [-0.3, -0.25) is 0 Å². The van der Waals surface area contributed by atoms with E-state index in [0.29, 0.717) is 22.8 Å². The lowest BCUT2D eigenvalue weighted by molar-refractivity contribution is 0.126. The first-order valence-corrected chi connectivity index (χ1v) is 16.5. The first-order chi connectivity index (χ1) is 20.8. The molecule has 6 rings (SSSR count). The number of phenolic OH excluding ortho intramolecular Hbond substituents is 2. The highest BCUT2D eigenvalue weighted by Crippen LogP contribution is 2.54. The van der Waals surface area contributed by atoms with E-state index in [0.717, 1.165) is 18.8 Å². The number of rotatable bonds is 4. The highest BCUT2D eigenvalue weighted by Gasteiger charge is 2.46. The summed E-state index contributed by atoms with van der Waals surface area (Å²) < 4.78 is 0. The second kappa shape index (κ2) is 12.5. The highest BCUT2D eigenvalue weighted by atomic mass is 16.3. The molecule has 2 nitrogen and oxygen atoms in total. The molecular formula is C42H52O2. The Labute approximate surface area is 266 Å². The predicted molar refractivity (Wildman–Crippen MR) is 184 cm³/mol. The predicted octanol–water partition coefficient (Wildman–Crippen LogP) is 11.0. The fourth-order valence-corrected chi connectivity index (χ4v) is 9.43. The van der Waals surface area contributed by atoms with E-state index in [1.807, 2.05) is 0 Å². The van der Waals surface area contributed by atoms with Crippen LogP contribution >= 0.6 is 0 Å². The van der Waals surface area contributed by atoms with Gasteiger partial charge in [0.05, 0.1) is 0 Å².